The summed E-state index contributed by atoms with van der Waals surface area (Å²) in [6.07, 6.45) is 5.54. The van der Waals surface area contributed by atoms with E-state index in [1.54, 1.807) is 0 Å². The van der Waals surface area contributed by atoms with E-state index in [2.05, 4.69) is 40.9 Å². The number of aliphatic imine (C=N–C) groups is 1. The van der Waals surface area contributed by atoms with Crippen molar-refractivity contribution in [2.24, 2.45) is 12.0 Å². The molecule has 0 amide bonds. The van der Waals surface area contributed by atoms with Crippen LogP contribution >= 0.6 is 0 Å². The Balaban J connectivity index is 1.63. The van der Waals surface area contributed by atoms with Gasteiger partial charge in [-0.15, -0.1) is 0 Å². The van der Waals surface area contributed by atoms with Crippen molar-refractivity contribution in [2.75, 3.05) is 6.54 Å². The Morgan fingerprint density at radius 2 is 2.09 bits per heavy atom. The lowest BCUT2D eigenvalue weighted by atomic mass is 10.1. The predicted octanol–water partition coefficient (Wildman–Crippen LogP) is 2.16. The van der Waals surface area contributed by atoms with Gasteiger partial charge in [0.15, 0.2) is 5.96 Å². The number of aryl methyl sites for hydroxylation is 3. The van der Waals surface area contributed by atoms with E-state index in [9.17, 15) is 0 Å². The number of benzene rings is 1. The Labute approximate surface area is 137 Å². The SMILES string of the molecule is CCNC(=NCc1ccc2c(c1)CCC2)NCc1ccnn1C. The lowest BCUT2D eigenvalue weighted by Gasteiger charge is -2.11. The number of rotatable bonds is 5. The van der Waals surface area contributed by atoms with Gasteiger partial charge in [-0.05, 0) is 48.9 Å². The first-order valence-corrected chi connectivity index (χ1v) is 8.36. The van der Waals surface area contributed by atoms with Gasteiger partial charge in [-0.25, -0.2) is 4.99 Å². The third-order valence-electron chi connectivity index (χ3n) is 4.29. The molecule has 1 heterocycles. The number of hydrogen-bond acceptors (Lipinski definition) is 2. The second-order valence-electron chi connectivity index (χ2n) is 5.95. The summed E-state index contributed by atoms with van der Waals surface area (Å²) in [5.74, 6) is 0.842. The molecule has 0 spiro atoms. The summed E-state index contributed by atoms with van der Waals surface area (Å²) in [7, 11) is 1.95. The van der Waals surface area contributed by atoms with Crippen LogP contribution in [0.4, 0.5) is 0 Å². The summed E-state index contributed by atoms with van der Waals surface area (Å²) in [6.45, 7) is 4.35. The molecule has 0 fully saturated rings. The molecule has 0 radical (unpaired) electrons. The van der Waals surface area contributed by atoms with Crippen molar-refractivity contribution < 1.29 is 0 Å². The zero-order valence-electron chi connectivity index (χ0n) is 14.0. The van der Waals surface area contributed by atoms with Crippen LogP contribution in [-0.4, -0.2) is 22.3 Å². The van der Waals surface area contributed by atoms with E-state index < -0.39 is 0 Å². The highest BCUT2D eigenvalue weighted by atomic mass is 15.3. The summed E-state index contributed by atoms with van der Waals surface area (Å²) in [4.78, 5) is 4.70. The molecular formula is C18H25N5. The molecule has 0 unspecified atom stereocenters. The number of hydrogen-bond donors (Lipinski definition) is 2. The molecule has 0 aliphatic heterocycles. The molecule has 1 aromatic heterocycles. The molecule has 5 nitrogen and oxygen atoms in total. The van der Waals surface area contributed by atoms with Crippen LogP contribution in [0.25, 0.3) is 0 Å². The van der Waals surface area contributed by atoms with Crippen LogP contribution in [0.3, 0.4) is 0 Å². The van der Waals surface area contributed by atoms with Crippen LogP contribution in [0.15, 0.2) is 35.5 Å². The van der Waals surface area contributed by atoms with E-state index in [1.807, 2.05) is 24.0 Å². The van der Waals surface area contributed by atoms with E-state index >= 15 is 0 Å². The fourth-order valence-electron chi connectivity index (χ4n) is 2.98. The zero-order valence-corrected chi connectivity index (χ0v) is 14.0. The number of aromatic nitrogens is 2. The Bertz CT molecular complexity index is 686. The van der Waals surface area contributed by atoms with Crippen molar-refractivity contribution in [3.63, 3.8) is 0 Å². The highest BCUT2D eigenvalue weighted by Gasteiger charge is 2.10. The fourth-order valence-corrected chi connectivity index (χ4v) is 2.98. The maximum atomic E-state index is 4.70. The summed E-state index contributed by atoms with van der Waals surface area (Å²) in [5.41, 5.74) is 5.43. The fraction of sp³-hybridized carbons (Fsp3) is 0.444. The smallest absolute Gasteiger partial charge is 0.191 e. The van der Waals surface area contributed by atoms with Crippen LogP contribution in [0.1, 0.15) is 35.7 Å². The van der Waals surface area contributed by atoms with Gasteiger partial charge in [-0.3, -0.25) is 4.68 Å². The quantitative estimate of drug-likeness (QED) is 0.657. The molecule has 0 saturated carbocycles. The van der Waals surface area contributed by atoms with E-state index in [0.29, 0.717) is 13.1 Å². The second kappa shape index (κ2) is 7.31. The minimum Gasteiger partial charge on any atom is -0.357 e. The molecule has 5 heteroatoms. The Morgan fingerprint density at radius 3 is 2.87 bits per heavy atom. The Kier molecular flexibility index (Phi) is 4.95. The van der Waals surface area contributed by atoms with Crippen molar-refractivity contribution in [1.82, 2.24) is 20.4 Å². The first-order valence-electron chi connectivity index (χ1n) is 8.36. The molecule has 2 N–H and O–H groups in total. The predicted molar refractivity (Wildman–Crippen MR) is 93.3 cm³/mol. The van der Waals surface area contributed by atoms with Gasteiger partial charge < -0.3 is 10.6 Å². The first-order chi connectivity index (χ1) is 11.3. The maximum Gasteiger partial charge on any atom is 0.191 e. The van der Waals surface area contributed by atoms with Crippen LogP contribution in [-0.2, 0) is 33.0 Å². The van der Waals surface area contributed by atoms with Crippen molar-refractivity contribution in [1.29, 1.82) is 0 Å². The molecule has 3 rings (SSSR count). The highest BCUT2D eigenvalue weighted by molar-refractivity contribution is 5.79. The third-order valence-corrected chi connectivity index (χ3v) is 4.29. The largest absolute Gasteiger partial charge is 0.357 e. The van der Waals surface area contributed by atoms with Gasteiger partial charge in [0.2, 0.25) is 0 Å². The van der Waals surface area contributed by atoms with Gasteiger partial charge >= 0.3 is 0 Å². The van der Waals surface area contributed by atoms with Crippen LogP contribution in [0, 0.1) is 0 Å². The molecule has 1 aliphatic rings. The lowest BCUT2D eigenvalue weighted by molar-refractivity contribution is 0.685. The molecule has 122 valence electrons. The summed E-state index contributed by atoms with van der Waals surface area (Å²) < 4.78 is 1.87. The average molecular weight is 311 g/mol. The minimum atomic E-state index is 0.702. The summed E-state index contributed by atoms with van der Waals surface area (Å²) in [6, 6.07) is 8.80. The van der Waals surface area contributed by atoms with E-state index in [0.717, 1.165) is 18.2 Å². The second-order valence-corrected chi connectivity index (χ2v) is 5.95. The van der Waals surface area contributed by atoms with Crippen molar-refractivity contribution in [3.05, 3.63) is 52.8 Å². The van der Waals surface area contributed by atoms with E-state index in [1.165, 1.54) is 36.0 Å². The Morgan fingerprint density at radius 1 is 1.22 bits per heavy atom. The van der Waals surface area contributed by atoms with Gasteiger partial charge in [0, 0.05) is 19.8 Å². The van der Waals surface area contributed by atoms with Crippen molar-refractivity contribution in [3.8, 4) is 0 Å². The zero-order chi connectivity index (χ0) is 16.1. The molecular weight excluding hydrogens is 286 g/mol. The van der Waals surface area contributed by atoms with Crippen molar-refractivity contribution >= 4 is 5.96 Å². The first kappa shape index (κ1) is 15.6. The lowest BCUT2D eigenvalue weighted by Crippen LogP contribution is -2.37. The number of nitrogens with zero attached hydrogens (tertiary/aromatic N) is 3. The molecule has 2 aromatic rings. The number of guanidine groups is 1. The standard InChI is InChI=1S/C18H25N5/c1-3-19-18(21-13-17-9-10-22-23(17)2)20-12-14-7-8-15-5-4-6-16(15)11-14/h7-11H,3-6,12-13H2,1-2H3,(H2,19,20,21). The van der Waals surface area contributed by atoms with E-state index in [4.69, 9.17) is 4.99 Å². The van der Waals surface area contributed by atoms with Crippen LogP contribution in [0.5, 0.6) is 0 Å². The number of fused-ring (bicyclic) bond motifs is 1. The van der Waals surface area contributed by atoms with Crippen molar-refractivity contribution in [2.45, 2.75) is 39.3 Å². The highest BCUT2D eigenvalue weighted by Crippen LogP contribution is 2.23. The summed E-state index contributed by atoms with van der Waals surface area (Å²) in [5, 5.41) is 10.8. The normalized spacial score (nSPS) is 13.9. The molecule has 1 aromatic carbocycles. The number of nitrogens with one attached hydrogen (secondary N) is 2. The van der Waals surface area contributed by atoms with E-state index in [-0.39, 0.29) is 0 Å². The molecule has 0 bridgehead atoms. The Hall–Kier alpha value is -2.30. The maximum absolute atomic E-state index is 4.70. The van der Waals surface area contributed by atoms with Gasteiger partial charge in [0.05, 0.1) is 18.8 Å². The van der Waals surface area contributed by atoms with Gasteiger partial charge in [-0.1, -0.05) is 18.2 Å². The average Bonchev–Trinajstić information content (AvgIpc) is 3.18. The minimum absolute atomic E-state index is 0.702. The molecule has 1 aliphatic carbocycles. The summed E-state index contributed by atoms with van der Waals surface area (Å²) >= 11 is 0. The van der Waals surface area contributed by atoms with Gasteiger partial charge in [0.25, 0.3) is 0 Å². The van der Waals surface area contributed by atoms with Gasteiger partial charge in [-0.2, -0.15) is 5.10 Å². The van der Waals surface area contributed by atoms with Crippen LogP contribution in [0.2, 0.25) is 0 Å². The monoisotopic (exact) mass is 311 g/mol. The molecule has 23 heavy (non-hydrogen) atoms. The van der Waals surface area contributed by atoms with Crippen LogP contribution < -0.4 is 10.6 Å². The topological polar surface area (TPSA) is 54.2 Å². The molecule has 0 atom stereocenters. The molecule has 0 saturated heterocycles. The third kappa shape index (κ3) is 3.92. The van der Waals surface area contributed by atoms with Gasteiger partial charge in [0.1, 0.15) is 0 Å².